The Morgan fingerprint density at radius 1 is 1.14 bits per heavy atom. The molecule has 1 aromatic heterocycles. The van der Waals surface area contributed by atoms with Gasteiger partial charge in [0.15, 0.2) is 6.10 Å². The molecule has 0 aliphatic heterocycles. The van der Waals surface area contributed by atoms with Crippen LogP contribution in [0.3, 0.4) is 0 Å². The number of hydrogen-bond acceptors (Lipinski definition) is 5. The Labute approximate surface area is 175 Å². The third-order valence-corrected chi connectivity index (χ3v) is 7.70. The van der Waals surface area contributed by atoms with E-state index >= 15 is 0 Å². The Bertz CT molecular complexity index is 726. The van der Waals surface area contributed by atoms with Gasteiger partial charge >= 0.3 is 5.97 Å². The molecule has 158 valence electrons. The van der Waals surface area contributed by atoms with E-state index in [2.05, 4.69) is 10.6 Å². The molecule has 2 N–H and O–H groups in total. The standard InChI is InChI=1S/C22H30N2O4S/c1-14(21(27)24-12-18-3-2-4-29-18)28-20(26)13-23-19(25)11-22-8-15-5-16(9-22)7-17(6-15)10-22/h2-4,14-17H,5-13H2,1H3,(H,23,25)(H,24,27)/t14-,15?,16?,17?,22?/m1/s1. The zero-order valence-corrected chi connectivity index (χ0v) is 17.8. The van der Waals surface area contributed by atoms with Gasteiger partial charge in [-0.05, 0) is 80.1 Å². The van der Waals surface area contributed by atoms with Gasteiger partial charge in [0.1, 0.15) is 6.54 Å². The molecule has 4 saturated carbocycles. The number of esters is 1. The minimum atomic E-state index is -0.887. The summed E-state index contributed by atoms with van der Waals surface area (Å²) in [7, 11) is 0. The first-order valence-electron chi connectivity index (χ1n) is 10.7. The zero-order valence-electron chi connectivity index (χ0n) is 16.9. The van der Waals surface area contributed by atoms with Gasteiger partial charge in [-0.3, -0.25) is 14.4 Å². The fraction of sp³-hybridized carbons (Fsp3) is 0.682. The maximum atomic E-state index is 12.5. The van der Waals surface area contributed by atoms with E-state index in [0.29, 0.717) is 13.0 Å². The van der Waals surface area contributed by atoms with Gasteiger partial charge in [-0.2, -0.15) is 0 Å². The van der Waals surface area contributed by atoms with E-state index in [1.165, 1.54) is 38.5 Å². The van der Waals surface area contributed by atoms with E-state index < -0.39 is 12.1 Å². The second kappa shape index (κ2) is 8.46. The normalized spacial score (nSPS) is 30.6. The van der Waals surface area contributed by atoms with Gasteiger partial charge in [0.05, 0.1) is 6.54 Å². The lowest BCUT2D eigenvalue weighted by Crippen LogP contribution is -2.48. The predicted octanol–water partition coefficient (Wildman–Crippen LogP) is 3.02. The quantitative estimate of drug-likeness (QED) is 0.636. The lowest BCUT2D eigenvalue weighted by Gasteiger charge is -2.56. The molecule has 0 radical (unpaired) electrons. The Kier molecular flexibility index (Phi) is 5.95. The maximum absolute atomic E-state index is 12.5. The number of ether oxygens (including phenoxy) is 1. The lowest BCUT2D eigenvalue weighted by atomic mass is 9.49. The van der Waals surface area contributed by atoms with Crippen LogP contribution in [0.1, 0.15) is 56.7 Å². The Morgan fingerprint density at radius 2 is 1.79 bits per heavy atom. The Balaban J connectivity index is 1.17. The highest BCUT2D eigenvalue weighted by atomic mass is 32.1. The van der Waals surface area contributed by atoms with Gasteiger partial charge in [0.25, 0.3) is 5.91 Å². The summed E-state index contributed by atoms with van der Waals surface area (Å²) < 4.78 is 5.16. The highest BCUT2D eigenvalue weighted by molar-refractivity contribution is 7.09. The summed E-state index contributed by atoms with van der Waals surface area (Å²) in [6.45, 7) is 1.77. The van der Waals surface area contributed by atoms with E-state index in [1.54, 1.807) is 18.3 Å². The third-order valence-electron chi connectivity index (χ3n) is 6.82. The van der Waals surface area contributed by atoms with Gasteiger partial charge in [-0.1, -0.05) is 6.07 Å². The molecule has 6 nitrogen and oxygen atoms in total. The molecule has 1 heterocycles. The second-order valence-electron chi connectivity index (χ2n) is 9.30. The van der Waals surface area contributed by atoms with E-state index in [9.17, 15) is 14.4 Å². The summed E-state index contributed by atoms with van der Waals surface area (Å²) >= 11 is 1.55. The third kappa shape index (κ3) is 5.00. The Hall–Kier alpha value is -1.89. The van der Waals surface area contributed by atoms with Crippen molar-refractivity contribution in [2.45, 2.75) is 64.5 Å². The highest BCUT2D eigenvalue weighted by Crippen LogP contribution is 2.61. The molecule has 4 aliphatic rings. The predicted molar refractivity (Wildman–Crippen MR) is 110 cm³/mol. The van der Waals surface area contributed by atoms with Crippen molar-refractivity contribution >= 4 is 29.1 Å². The average Bonchev–Trinajstić information content (AvgIpc) is 3.16. The van der Waals surface area contributed by atoms with Crippen LogP contribution < -0.4 is 10.6 Å². The summed E-state index contributed by atoms with van der Waals surface area (Å²) in [6, 6.07) is 3.85. The summed E-state index contributed by atoms with van der Waals surface area (Å²) in [5, 5.41) is 7.40. The molecule has 4 aliphatic carbocycles. The van der Waals surface area contributed by atoms with Crippen LogP contribution in [-0.2, 0) is 25.7 Å². The minimum absolute atomic E-state index is 0.0706. The monoisotopic (exact) mass is 418 g/mol. The van der Waals surface area contributed by atoms with Crippen LogP contribution in [0.15, 0.2) is 17.5 Å². The topological polar surface area (TPSA) is 84.5 Å². The molecule has 4 fully saturated rings. The van der Waals surface area contributed by atoms with Crippen LogP contribution in [0.25, 0.3) is 0 Å². The molecule has 29 heavy (non-hydrogen) atoms. The van der Waals surface area contributed by atoms with Crippen molar-refractivity contribution in [3.63, 3.8) is 0 Å². The maximum Gasteiger partial charge on any atom is 0.326 e. The van der Waals surface area contributed by atoms with Crippen molar-refractivity contribution in [2.75, 3.05) is 6.54 Å². The molecule has 4 bridgehead atoms. The minimum Gasteiger partial charge on any atom is -0.451 e. The van der Waals surface area contributed by atoms with Gasteiger partial charge in [-0.15, -0.1) is 11.3 Å². The second-order valence-corrected chi connectivity index (χ2v) is 10.3. The smallest absolute Gasteiger partial charge is 0.326 e. The van der Waals surface area contributed by atoms with Crippen molar-refractivity contribution in [1.82, 2.24) is 10.6 Å². The first-order valence-corrected chi connectivity index (χ1v) is 11.5. The average molecular weight is 419 g/mol. The van der Waals surface area contributed by atoms with E-state index in [-0.39, 0.29) is 23.8 Å². The highest BCUT2D eigenvalue weighted by Gasteiger charge is 2.51. The molecule has 0 unspecified atom stereocenters. The van der Waals surface area contributed by atoms with Crippen LogP contribution in [0.4, 0.5) is 0 Å². The van der Waals surface area contributed by atoms with Crippen molar-refractivity contribution in [1.29, 1.82) is 0 Å². The van der Waals surface area contributed by atoms with Crippen molar-refractivity contribution in [3.8, 4) is 0 Å². The van der Waals surface area contributed by atoms with Crippen molar-refractivity contribution in [2.24, 2.45) is 23.2 Å². The first kappa shape index (κ1) is 20.4. The summed E-state index contributed by atoms with van der Waals surface area (Å²) in [6.07, 6.45) is 7.16. The van der Waals surface area contributed by atoms with Crippen LogP contribution >= 0.6 is 11.3 Å². The number of amides is 2. The molecule has 1 aromatic rings. The molecule has 2 amide bonds. The van der Waals surface area contributed by atoms with Crippen molar-refractivity contribution < 1.29 is 19.1 Å². The van der Waals surface area contributed by atoms with Crippen LogP contribution in [0.2, 0.25) is 0 Å². The molecular weight excluding hydrogens is 388 g/mol. The summed E-state index contributed by atoms with van der Waals surface area (Å²) in [5.74, 6) is 1.40. The molecule has 0 spiro atoms. The number of carbonyl (C=O) groups excluding carboxylic acids is 3. The number of nitrogens with one attached hydrogen (secondary N) is 2. The Morgan fingerprint density at radius 3 is 2.38 bits per heavy atom. The lowest BCUT2D eigenvalue weighted by molar-refractivity contribution is -0.154. The molecule has 0 saturated heterocycles. The number of hydrogen-bond donors (Lipinski definition) is 2. The molecule has 7 heteroatoms. The SMILES string of the molecule is C[C@@H](OC(=O)CNC(=O)CC12CC3CC(CC(C3)C1)C2)C(=O)NCc1cccs1. The van der Waals surface area contributed by atoms with E-state index in [4.69, 9.17) is 4.74 Å². The van der Waals surface area contributed by atoms with Crippen LogP contribution in [0, 0.1) is 23.2 Å². The summed E-state index contributed by atoms with van der Waals surface area (Å²) in [4.78, 5) is 37.6. The molecule has 1 atom stereocenters. The van der Waals surface area contributed by atoms with Gasteiger partial charge in [-0.25, -0.2) is 0 Å². The molecule has 0 aromatic carbocycles. The number of rotatable bonds is 8. The van der Waals surface area contributed by atoms with Gasteiger partial charge in [0.2, 0.25) is 5.91 Å². The molecule has 5 rings (SSSR count). The first-order chi connectivity index (χ1) is 13.9. The number of thiophene rings is 1. The largest absolute Gasteiger partial charge is 0.451 e. The van der Waals surface area contributed by atoms with Crippen molar-refractivity contribution in [3.05, 3.63) is 22.4 Å². The molecular formula is C22H30N2O4S. The van der Waals surface area contributed by atoms with Gasteiger partial charge in [0, 0.05) is 11.3 Å². The fourth-order valence-corrected chi connectivity index (χ4v) is 6.75. The van der Waals surface area contributed by atoms with Crippen LogP contribution in [-0.4, -0.2) is 30.4 Å². The van der Waals surface area contributed by atoms with Crippen LogP contribution in [0.5, 0.6) is 0 Å². The van der Waals surface area contributed by atoms with E-state index in [0.717, 1.165) is 22.6 Å². The zero-order chi connectivity index (χ0) is 20.4. The van der Waals surface area contributed by atoms with Gasteiger partial charge < -0.3 is 15.4 Å². The fourth-order valence-electron chi connectivity index (χ4n) is 6.10. The number of carbonyl (C=O) groups is 3. The summed E-state index contributed by atoms with van der Waals surface area (Å²) in [5.41, 5.74) is 0.151. The van der Waals surface area contributed by atoms with E-state index in [1.807, 2.05) is 17.5 Å².